The van der Waals surface area contributed by atoms with Gasteiger partial charge in [0.15, 0.2) is 6.23 Å². The number of likely N-dealkylation sites (tertiary alicyclic amines) is 1. The Morgan fingerprint density at radius 1 is 1.12 bits per heavy atom. The molecule has 4 rings (SSSR count). The first-order valence-corrected chi connectivity index (χ1v) is 14.9. The monoisotopic (exact) mass is 570 g/mol. The Hall–Kier alpha value is -2.97. The van der Waals surface area contributed by atoms with Crippen molar-refractivity contribution in [3.8, 4) is 5.75 Å². The number of ether oxygens (including phenoxy) is 1. The van der Waals surface area contributed by atoms with Crippen molar-refractivity contribution < 1.29 is 19.4 Å². The van der Waals surface area contributed by atoms with Crippen molar-refractivity contribution in [2.75, 3.05) is 31.1 Å². The van der Waals surface area contributed by atoms with Gasteiger partial charge in [0, 0.05) is 43.5 Å². The van der Waals surface area contributed by atoms with Crippen LogP contribution in [-0.2, 0) is 11.3 Å². The van der Waals surface area contributed by atoms with Crippen LogP contribution in [0.2, 0.25) is 5.02 Å². The Morgan fingerprint density at radius 2 is 1.85 bits per heavy atom. The number of hydrogen-bond acceptors (Lipinski definition) is 5. The number of nitrogens with one attached hydrogen (secondary N) is 1. The molecular weight excluding hydrogens is 528 g/mol. The van der Waals surface area contributed by atoms with Crippen LogP contribution in [0, 0.1) is 5.92 Å². The molecule has 0 bridgehead atoms. The molecule has 3 atom stereocenters. The number of carbonyl (C=O) groups is 2. The largest absolute Gasteiger partial charge is 0.494 e. The SMILES string of the molecule is CCCOc1ccc(C(O)N2C[C@@H](C)N(C(=O)N[C@H](C(=O)N3CCCCC3)C(C)C)Cc3ccccc32)c(Cl)c1. The maximum atomic E-state index is 13.7. The molecule has 2 N–H and O–H groups in total. The number of fused-ring (bicyclic) bond motifs is 1. The molecule has 0 aromatic heterocycles. The van der Waals surface area contributed by atoms with Crippen LogP contribution >= 0.6 is 11.6 Å². The predicted octanol–water partition coefficient (Wildman–Crippen LogP) is 5.58. The van der Waals surface area contributed by atoms with Gasteiger partial charge in [0.25, 0.3) is 0 Å². The minimum Gasteiger partial charge on any atom is -0.494 e. The molecule has 9 heteroatoms. The van der Waals surface area contributed by atoms with Gasteiger partial charge in [-0.2, -0.15) is 0 Å². The second-order valence-electron chi connectivity index (χ2n) is 11.2. The molecule has 2 aliphatic heterocycles. The summed E-state index contributed by atoms with van der Waals surface area (Å²) in [5, 5.41) is 15.1. The zero-order valence-corrected chi connectivity index (χ0v) is 24.9. The summed E-state index contributed by atoms with van der Waals surface area (Å²) in [4.78, 5) is 32.6. The highest BCUT2D eigenvalue weighted by Gasteiger charge is 2.35. The molecule has 0 radical (unpaired) electrons. The number of nitrogens with zero attached hydrogens (tertiary/aromatic N) is 3. The van der Waals surface area contributed by atoms with E-state index < -0.39 is 12.3 Å². The number of rotatable bonds is 8. The van der Waals surface area contributed by atoms with Crippen molar-refractivity contribution in [3.63, 3.8) is 0 Å². The van der Waals surface area contributed by atoms with Gasteiger partial charge in [0.1, 0.15) is 11.8 Å². The van der Waals surface area contributed by atoms with Gasteiger partial charge in [-0.3, -0.25) is 4.79 Å². The fraction of sp³-hybridized carbons (Fsp3) is 0.548. The fourth-order valence-corrected chi connectivity index (χ4v) is 5.75. The first-order chi connectivity index (χ1) is 19.2. The summed E-state index contributed by atoms with van der Waals surface area (Å²) in [5.41, 5.74) is 2.31. The quantitative estimate of drug-likeness (QED) is 0.433. The highest BCUT2D eigenvalue weighted by molar-refractivity contribution is 6.31. The number of hydrogen-bond donors (Lipinski definition) is 2. The van der Waals surface area contributed by atoms with E-state index in [0.29, 0.717) is 36.0 Å². The van der Waals surface area contributed by atoms with Crippen molar-refractivity contribution in [3.05, 3.63) is 58.6 Å². The number of para-hydroxylation sites is 1. The summed E-state index contributed by atoms with van der Waals surface area (Å²) in [6.07, 6.45) is 3.00. The molecule has 0 saturated carbocycles. The number of piperidine rings is 1. The molecule has 2 aliphatic rings. The second kappa shape index (κ2) is 13.6. The molecule has 1 saturated heterocycles. The molecule has 0 spiro atoms. The number of carbonyl (C=O) groups excluding carboxylic acids is 2. The maximum absolute atomic E-state index is 13.7. The summed E-state index contributed by atoms with van der Waals surface area (Å²) in [6.45, 7) is 10.7. The first-order valence-electron chi connectivity index (χ1n) is 14.5. The van der Waals surface area contributed by atoms with Crippen molar-refractivity contribution >= 4 is 29.2 Å². The minimum absolute atomic E-state index is 0.0102. The van der Waals surface area contributed by atoms with E-state index in [9.17, 15) is 14.7 Å². The molecular formula is C31H43ClN4O4. The van der Waals surface area contributed by atoms with Crippen LogP contribution < -0.4 is 15.0 Å². The molecule has 0 aliphatic carbocycles. The number of aliphatic hydroxyl groups excluding tert-OH is 1. The topological polar surface area (TPSA) is 85.4 Å². The lowest BCUT2D eigenvalue weighted by Gasteiger charge is -2.36. The number of amides is 3. The average molecular weight is 571 g/mol. The Labute approximate surface area is 243 Å². The lowest BCUT2D eigenvalue weighted by Crippen LogP contribution is -2.56. The molecule has 1 fully saturated rings. The molecule has 8 nitrogen and oxygen atoms in total. The van der Waals surface area contributed by atoms with E-state index in [1.807, 2.05) is 67.8 Å². The number of anilines is 1. The van der Waals surface area contributed by atoms with Crippen molar-refractivity contribution in [2.45, 2.75) is 78.2 Å². The Morgan fingerprint density at radius 3 is 2.52 bits per heavy atom. The minimum atomic E-state index is -1.02. The molecule has 218 valence electrons. The molecule has 2 aromatic rings. The van der Waals surface area contributed by atoms with Crippen LogP contribution in [0.25, 0.3) is 0 Å². The van der Waals surface area contributed by atoms with E-state index in [1.54, 1.807) is 17.0 Å². The number of aliphatic hydroxyl groups is 1. The highest BCUT2D eigenvalue weighted by atomic mass is 35.5. The average Bonchev–Trinajstić information content (AvgIpc) is 3.10. The van der Waals surface area contributed by atoms with Gasteiger partial charge in [-0.15, -0.1) is 0 Å². The number of benzene rings is 2. The summed E-state index contributed by atoms with van der Waals surface area (Å²) in [6, 6.07) is 12.0. The summed E-state index contributed by atoms with van der Waals surface area (Å²) >= 11 is 6.61. The van der Waals surface area contributed by atoms with Crippen molar-refractivity contribution in [1.82, 2.24) is 15.1 Å². The smallest absolute Gasteiger partial charge is 0.318 e. The van der Waals surface area contributed by atoms with Crippen molar-refractivity contribution in [1.29, 1.82) is 0 Å². The van der Waals surface area contributed by atoms with Crippen LogP contribution in [0.4, 0.5) is 10.5 Å². The first kappa shape index (κ1) is 30.0. The third-order valence-corrected chi connectivity index (χ3v) is 8.12. The third kappa shape index (κ3) is 6.84. The predicted molar refractivity (Wildman–Crippen MR) is 159 cm³/mol. The Balaban J connectivity index is 1.55. The summed E-state index contributed by atoms with van der Waals surface area (Å²) in [7, 11) is 0. The highest BCUT2D eigenvalue weighted by Crippen LogP contribution is 2.36. The molecule has 3 amide bonds. The van der Waals surface area contributed by atoms with E-state index in [1.165, 1.54) is 0 Å². The zero-order chi connectivity index (χ0) is 28.8. The summed E-state index contributed by atoms with van der Waals surface area (Å²) < 4.78 is 5.70. The second-order valence-corrected chi connectivity index (χ2v) is 11.6. The van der Waals surface area contributed by atoms with Gasteiger partial charge in [-0.25, -0.2) is 4.79 Å². The van der Waals surface area contributed by atoms with Gasteiger partial charge >= 0.3 is 6.03 Å². The molecule has 40 heavy (non-hydrogen) atoms. The lowest BCUT2D eigenvalue weighted by atomic mass is 10.0. The van der Waals surface area contributed by atoms with Gasteiger partial charge in [0.05, 0.1) is 11.6 Å². The Kier molecular flexibility index (Phi) is 10.2. The van der Waals surface area contributed by atoms with Gasteiger partial charge < -0.3 is 29.9 Å². The maximum Gasteiger partial charge on any atom is 0.318 e. The van der Waals surface area contributed by atoms with E-state index in [2.05, 4.69) is 5.32 Å². The number of halogens is 1. The molecule has 1 unspecified atom stereocenters. The third-order valence-electron chi connectivity index (χ3n) is 7.79. The van der Waals surface area contributed by atoms with E-state index >= 15 is 0 Å². The lowest BCUT2D eigenvalue weighted by molar-refractivity contribution is -0.135. The number of urea groups is 1. The summed E-state index contributed by atoms with van der Waals surface area (Å²) in [5.74, 6) is 0.607. The van der Waals surface area contributed by atoms with Gasteiger partial charge in [-0.1, -0.05) is 50.6 Å². The van der Waals surface area contributed by atoms with Crippen LogP contribution in [0.1, 0.15) is 70.7 Å². The molecule has 2 heterocycles. The van der Waals surface area contributed by atoms with Gasteiger partial charge in [-0.05, 0) is 68.4 Å². The van der Waals surface area contributed by atoms with Crippen molar-refractivity contribution in [2.24, 2.45) is 5.92 Å². The van der Waals surface area contributed by atoms with Crippen LogP contribution in [0.15, 0.2) is 42.5 Å². The fourth-order valence-electron chi connectivity index (χ4n) is 5.48. The van der Waals surface area contributed by atoms with Gasteiger partial charge in [0.2, 0.25) is 5.91 Å². The van der Waals surface area contributed by atoms with E-state index in [0.717, 1.165) is 50.0 Å². The standard InChI is InChI=1S/C31H43ClN4O4/c1-5-17-40-24-13-14-25(26(32)18-24)29(37)36-19-22(4)35(20-23-11-7-8-12-27(23)36)31(39)33-28(21(2)3)30(38)34-15-9-6-10-16-34/h7-8,11-14,18,21-22,28-29,37H,5-6,9-10,15-17,19-20H2,1-4H3,(H,33,39)/t22-,28+,29?/m1/s1. The van der Waals surface area contributed by atoms with E-state index in [-0.39, 0.29) is 23.9 Å². The normalized spacial score (nSPS) is 19.1. The van der Waals surface area contributed by atoms with Crippen LogP contribution in [-0.4, -0.2) is 65.2 Å². The Bertz CT molecular complexity index is 1170. The van der Waals surface area contributed by atoms with Crippen LogP contribution in [0.3, 0.4) is 0 Å². The van der Waals surface area contributed by atoms with Crippen LogP contribution in [0.5, 0.6) is 5.75 Å². The molecule has 2 aromatic carbocycles. The van der Waals surface area contributed by atoms with E-state index in [4.69, 9.17) is 16.3 Å². The zero-order valence-electron chi connectivity index (χ0n) is 24.1.